The molecule has 4 heteroatoms. The lowest BCUT2D eigenvalue weighted by Gasteiger charge is -1.87. The zero-order valence-corrected chi connectivity index (χ0v) is 8.36. The van der Waals surface area contributed by atoms with E-state index in [4.69, 9.17) is 0 Å². The summed E-state index contributed by atoms with van der Waals surface area (Å²) in [7, 11) is 2.02. The summed E-state index contributed by atoms with van der Waals surface area (Å²) in [5.74, 6) is -0.995. The summed E-state index contributed by atoms with van der Waals surface area (Å²) >= 11 is 0. The molecule has 0 aliphatic heterocycles. The summed E-state index contributed by atoms with van der Waals surface area (Å²) in [4.78, 5) is 9.26. The maximum atomic E-state index is 9.26. The number of carbonyl (C=O) groups is 1. The third-order valence-electron chi connectivity index (χ3n) is 1.48. The fourth-order valence-electron chi connectivity index (χ4n) is 0.689. The molecule has 0 aliphatic rings. The molecule has 0 saturated carbocycles. The maximum absolute atomic E-state index is 9.26. The SMILES string of the molecule is CCC(=O)[O-].CC[n+]1ccn(C)c1. The van der Waals surface area contributed by atoms with Gasteiger partial charge in [-0.05, 0) is 13.3 Å². The summed E-state index contributed by atoms with van der Waals surface area (Å²) in [5.41, 5.74) is 0. The number of carbonyl (C=O) groups excluding carboxylic acids is 1. The van der Waals surface area contributed by atoms with E-state index < -0.39 is 5.97 Å². The highest BCUT2D eigenvalue weighted by molar-refractivity contribution is 5.63. The maximum Gasteiger partial charge on any atom is 0.243 e. The third kappa shape index (κ3) is 5.90. The molecule has 0 bridgehead atoms. The van der Waals surface area contributed by atoms with Crippen LogP contribution < -0.4 is 9.67 Å². The van der Waals surface area contributed by atoms with Crippen LogP contribution in [0.5, 0.6) is 0 Å². The molecule has 0 unspecified atom stereocenters. The summed E-state index contributed by atoms with van der Waals surface area (Å²) in [6.07, 6.45) is 6.25. The normalized spacial score (nSPS) is 8.85. The third-order valence-corrected chi connectivity index (χ3v) is 1.48. The lowest BCUT2D eigenvalue weighted by atomic mass is 10.5. The molecule has 0 aliphatic carbocycles. The van der Waals surface area contributed by atoms with Gasteiger partial charge in [-0.2, -0.15) is 0 Å². The van der Waals surface area contributed by atoms with Gasteiger partial charge in [0.2, 0.25) is 6.33 Å². The van der Waals surface area contributed by atoms with Crippen LogP contribution in [0.1, 0.15) is 20.3 Å². The molecule has 1 heterocycles. The molecule has 0 fully saturated rings. The summed E-state index contributed by atoms with van der Waals surface area (Å²) in [6.45, 7) is 4.72. The number of imidazole rings is 1. The van der Waals surface area contributed by atoms with Crippen molar-refractivity contribution in [2.75, 3.05) is 0 Å². The molecule has 0 radical (unpaired) electrons. The van der Waals surface area contributed by atoms with Crippen molar-refractivity contribution in [2.24, 2.45) is 7.05 Å². The summed E-state index contributed by atoms with van der Waals surface area (Å²) in [5, 5.41) is 9.26. The Balaban J connectivity index is 0.000000252. The van der Waals surface area contributed by atoms with Crippen LogP contribution in [-0.4, -0.2) is 10.5 Å². The Morgan fingerprint density at radius 1 is 1.54 bits per heavy atom. The average Bonchev–Trinajstić information content (AvgIpc) is 2.52. The first kappa shape index (κ1) is 11.7. The van der Waals surface area contributed by atoms with Crippen LogP contribution in [0.15, 0.2) is 18.7 Å². The molecule has 0 atom stereocenters. The van der Waals surface area contributed by atoms with Gasteiger partial charge in [0.1, 0.15) is 12.4 Å². The van der Waals surface area contributed by atoms with Gasteiger partial charge >= 0.3 is 0 Å². The molecule has 0 saturated heterocycles. The van der Waals surface area contributed by atoms with Gasteiger partial charge in [-0.25, -0.2) is 9.13 Å². The largest absolute Gasteiger partial charge is 0.550 e. The van der Waals surface area contributed by atoms with Crippen LogP contribution in [0.2, 0.25) is 0 Å². The molecule has 1 aromatic heterocycles. The smallest absolute Gasteiger partial charge is 0.243 e. The van der Waals surface area contributed by atoms with Crippen molar-refractivity contribution < 1.29 is 14.5 Å². The minimum Gasteiger partial charge on any atom is -0.550 e. The molecule has 0 aromatic carbocycles. The predicted octanol–water partition coefficient (Wildman–Crippen LogP) is -0.521. The Bertz CT molecular complexity index is 256. The van der Waals surface area contributed by atoms with Crippen molar-refractivity contribution >= 4 is 5.97 Å². The van der Waals surface area contributed by atoms with Crippen molar-refractivity contribution in [3.8, 4) is 0 Å². The molecule has 74 valence electrons. The summed E-state index contributed by atoms with van der Waals surface area (Å²) < 4.78 is 4.16. The Morgan fingerprint density at radius 2 is 2.08 bits per heavy atom. The van der Waals surface area contributed by atoms with E-state index >= 15 is 0 Å². The topological polar surface area (TPSA) is 48.9 Å². The molecule has 0 N–H and O–H groups in total. The molecule has 1 aromatic rings. The zero-order chi connectivity index (χ0) is 10.3. The fraction of sp³-hybridized carbons (Fsp3) is 0.556. The molecule has 4 nitrogen and oxygen atoms in total. The van der Waals surface area contributed by atoms with Crippen LogP contribution in [-0.2, 0) is 18.4 Å². The van der Waals surface area contributed by atoms with E-state index in [1.807, 2.05) is 17.8 Å². The van der Waals surface area contributed by atoms with Gasteiger partial charge in [0.25, 0.3) is 0 Å². The van der Waals surface area contributed by atoms with Gasteiger partial charge in [0, 0.05) is 5.97 Å². The summed E-state index contributed by atoms with van der Waals surface area (Å²) in [6, 6.07) is 0. The number of rotatable bonds is 2. The Hall–Kier alpha value is -1.32. The molecular formula is C9H16N2O2. The lowest BCUT2D eigenvalue weighted by Crippen LogP contribution is -2.28. The van der Waals surface area contributed by atoms with Gasteiger partial charge in [0.05, 0.1) is 13.6 Å². The lowest BCUT2D eigenvalue weighted by molar-refractivity contribution is -0.693. The van der Waals surface area contributed by atoms with Crippen LogP contribution in [0.3, 0.4) is 0 Å². The van der Waals surface area contributed by atoms with Crippen molar-refractivity contribution in [3.63, 3.8) is 0 Å². The number of carboxylic acids is 1. The first-order valence-electron chi connectivity index (χ1n) is 4.31. The van der Waals surface area contributed by atoms with E-state index in [2.05, 4.69) is 24.0 Å². The van der Waals surface area contributed by atoms with E-state index in [-0.39, 0.29) is 6.42 Å². The average molecular weight is 184 g/mol. The minimum absolute atomic E-state index is 0.111. The van der Waals surface area contributed by atoms with Gasteiger partial charge in [-0.1, -0.05) is 6.92 Å². The van der Waals surface area contributed by atoms with E-state index in [0.717, 1.165) is 6.54 Å². The predicted molar refractivity (Wildman–Crippen MR) is 46.6 cm³/mol. The van der Waals surface area contributed by atoms with Crippen LogP contribution in [0, 0.1) is 0 Å². The minimum atomic E-state index is -0.995. The number of hydrogen-bond donors (Lipinski definition) is 0. The highest BCUT2D eigenvalue weighted by Crippen LogP contribution is 1.74. The standard InChI is InChI=1S/C6H11N2.C3H6O2/c1-3-8-5-4-7(2)6-8;1-2-3(4)5/h4-6H,3H2,1-2H3;2H2,1H3,(H,4,5)/q+1;/p-1. The number of hydrogen-bond acceptors (Lipinski definition) is 2. The van der Waals surface area contributed by atoms with Crippen molar-refractivity contribution in [3.05, 3.63) is 18.7 Å². The Kier molecular flexibility index (Phi) is 5.59. The zero-order valence-electron chi connectivity index (χ0n) is 8.36. The second-order valence-corrected chi connectivity index (χ2v) is 2.64. The van der Waals surface area contributed by atoms with E-state index in [9.17, 15) is 9.90 Å². The highest BCUT2D eigenvalue weighted by Gasteiger charge is 1.92. The number of aryl methyl sites for hydroxylation is 2. The monoisotopic (exact) mass is 184 g/mol. The first-order valence-corrected chi connectivity index (χ1v) is 4.31. The fourth-order valence-corrected chi connectivity index (χ4v) is 0.689. The van der Waals surface area contributed by atoms with E-state index in [1.165, 1.54) is 6.92 Å². The van der Waals surface area contributed by atoms with Gasteiger partial charge in [-0.15, -0.1) is 0 Å². The number of nitrogens with zero attached hydrogens (tertiary/aromatic N) is 2. The number of aliphatic carboxylic acids is 1. The quantitative estimate of drug-likeness (QED) is 0.581. The van der Waals surface area contributed by atoms with Crippen molar-refractivity contribution in [1.29, 1.82) is 0 Å². The van der Waals surface area contributed by atoms with Crippen LogP contribution in [0.25, 0.3) is 0 Å². The number of aromatic nitrogens is 2. The van der Waals surface area contributed by atoms with E-state index in [1.54, 1.807) is 0 Å². The number of carboxylic acid groups (broad SMARTS) is 1. The molecule has 0 amide bonds. The molecule has 0 spiro atoms. The van der Waals surface area contributed by atoms with Crippen LogP contribution >= 0.6 is 0 Å². The van der Waals surface area contributed by atoms with Crippen molar-refractivity contribution in [1.82, 2.24) is 4.57 Å². The van der Waals surface area contributed by atoms with Crippen molar-refractivity contribution in [2.45, 2.75) is 26.8 Å². The Labute approximate surface area is 78.4 Å². The van der Waals surface area contributed by atoms with Crippen LogP contribution in [0.4, 0.5) is 0 Å². The van der Waals surface area contributed by atoms with E-state index in [0.29, 0.717) is 0 Å². The first-order chi connectivity index (χ1) is 6.10. The molecule has 13 heavy (non-hydrogen) atoms. The molecular weight excluding hydrogens is 168 g/mol. The highest BCUT2D eigenvalue weighted by atomic mass is 16.4. The second kappa shape index (κ2) is 6.22. The Morgan fingerprint density at radius 3 is 2.23 bits per heavy atom. The van der Waals surface area contributed by atoms with Gasteiger partial charge < -0.3 is 9.90 Å². The molecule has 1 rings (SSSR count). The van der Waals surface area contributed by atoms with Gasteiger partial charge in [0.15, 0.2) is 0 Å². The second-order valence-electron chi connectivity index (χ2n) is 2.64. The van der Waals surface area contributed by atoms with Gasteiger partial charge in [-0.3, -0.25) is 0 Å².